The number of rotatable bonds is 6. The Morgan fingerprint density at radius 2 is 2.33 bits per heavy atom. The molecule has 4 heteroatoms. The lowest BCUT2D eigenvalue weighted by Gasteiger charge is -2.17. The molecule has 0 fully saturated rings. The van der Waals surface area contributed by atoms with Gasteiger partial charge in [-0.2, -0.15) is 5.10 Å². The minimum absolute atomic E-state index is 0.0310. The van der Waals surface area contributed by atoms with E-state index in [1.165, 1.54) is 4.68 Å². The summed E-state index contributed by atoms with van der Waals surface area (Å²) in [5, 5.41) is 7.41. The zero-order chi connectivity index (χ0) is 11.1. The third-order valence-electron chi connectivity index (χ3n) is 2.31. The Bertz CT molecular complexity index is 329. The summed E-state index contributed by atoms with van der Waals surface area (Å²) in [5.74, 6) is 0. The van der Waals surface area contributed by atoms with Crippen LogP contribution in [0.3, 0.4) is 0 Å². The Morgan fingerprint density at radius 3 is 2.93 bits per heavy atom. The molecular weight excluding hydrogens is 190 g/mol. The third kappa shape index (κ3) is 3.83. The minimum Gasteiger partial charge on any atom is -0.312 e. The Morgan fingerprint density at radius 1 is 1.53 bits per heavy atom. The summed E-state index contributed by atoms with van der Waals surface area (Å²) in [7, 11) is 0. The molecule has 15 heavy (non-hydrogen) atoms. The van der Waals surface area contributed by atoms with Crippen molar-refractivity contribution in [3.63, 3.8) is 0 Å². The average Bonchev–Trinajstić information content (AvgIpc) is 2.22. The molecule has 0 bridgehead atoms. The smallest absolute Gasteiger partial charge is 0.266 e. The summed E-state index contributed by atoms with van der Waals surface area (Å²) in [4.78, 5) is 11.4. The van der Waals surface area contributed by atoms with Gasteiger partial charge in [0, 0.05) is 18.3 Å². The van der Waals surface area contributed by atoms with Gasteiger partial charge in [0.05, 0.1) is 6.54 Å². The summed E-state index contributed by atoms with van der Waals surface area (Å²) >= 11 is 0. The van der Waals surface area contributed by atoms with Crippen molar-refractivity contribution in [2.24, 2.45) is 0 Å². The van der Waals surface area contributed by atoms with E-state index in [-0.39, 0.29) is 5.56 Å². The van der Waals surface area contributed by atoms with Crippen molar-refractivity contribution in [2.45, 2.75) is 39.3 Å². The van der Waals surface area contributed by atoms with Gasteiger partial charge >= 0.3 is 0 Å². The lowest BCUT2D eigenvalue weighted by molar-refractivity contribution is 0.399. The Labute approximate surface area is 90.3 Å². The van der Waals surface area contributed by atoms with Crippen LogP contribution in [0.1, 0.15) is 26.7 Å². The molecular formula is C11H19N3O. The van der Waals surface area contributed by atoms with Crippen molar-refractivity contribution >= 4 is 0 Å². The molecule has 0 saturated carbocycles. The predicted octanol–water partition coefficient (Wildman–Crippen LogP) is 1.02. The zero-order valence-corrected chi connectivity index (χ0v) is 9.44. The molecule has 1 atom stereocenters. The van der Waals surface area contributed by atoms with Gasteiger partial charge in [0.25, 0.3) is 5.56 Å². The van der Waals surface area contributed by atoms with E-state index in [1.807, 2.05) is 0 Å². The number of nitrogens with one attached hydrogen (secondary N) is 1. The van der Waals surface area contributed by atoms with Crippen LogP contribution in [-0.2, 0) is 6.54 Å². The summed E-state index contributed by atoms with van der Waals surface area (Å²) in [5.41, 5.74) is -0.0310. The second kappa shape index (κ2) is 6.35. The number of nitrogens with zero attached hydrogens (tertiary/aromatic N) is 2. The van der Waals surface area contributed by atoms with Crippen molar-refractivity contribution in [1.82, 2.24) is 15.1 Å². The average molecular weight is 209 g/mol. The Kier molecular flexibility index (Phi) is 5.04. The summed E-state index contributed by atoms with van der Waals surface area (Å²) in [6, 6.07) is 3.55. The van der Waals surface area contributed by atoms with Gasteiger partial charge in [-0.3, -0.25) is 4.79 Å². The first-order valence-corrected chi connectivity index (χ1v) is 5.53. The topological polar surface area (TPSA) is 46.9 Å². The van der Waals surface area contributed by atoms with Crippen molar-refractivity contribution in [3.8, 4) is 0 Å². The fourth-order valence-corrected chi connectivity index (χ4v) is 1.63. The highest BCUT2D eigenvalue weighted by molar-refractivity contribution is 4.85. The quantitative estimate of drug-likeness (QED) is 0.761. The van der Waals surface area contributed by atoms with Crippen LogP contribution in [0.5, 0.6) is 0 Å². The Balaban J connectivity index is 2.65. The molecule has 0 aliphatic carbocycles. The standard InChI is InChI=1S/C11H19N3O/c1-3-6-10(12-4-2)9-14-11(15)7-5-8-13-14/h5,7-8,10,12H,3-4,6,9H2,1-2H3. The molecule has 0 aliphatic heterocycles. The van der Waals surface area contributed by atoms with E-state index in [2.05, 4.69) is 24.3 Å². The predicted molar refractivity (Wildman–Crippen MR) is 60.9 cm³/mol. The van der Waals surface area contributed by atoms with Gasteiger partial charge in [0.2, 0.25) is 0 Å². The number of aromatic nitrogens is 2. The zero-order valence-electron chi connectivity index (χ0n) is 9.44. The lowest BCUT2D eigenvalue weighted by Crippen LogP contribution is -2.37. The molecule has 1 rings (SSSR count). The van der Waals surface area contributed by atoms with Crippen LogP contribution in [0.2, 0.25) is 0 Å². The molecule has 1 aromatic heterocycles. The van der Waals surface area contributed by atoms with E-state index < -0.39 is 0 Å². The molecule has 0 saturated heterocycles. The molecule has 0 aromatic carbocycles. The fourth-order valence-electron chi connectivity index (χ4n) is 1.63. The van der Waals surface area contributed by atoms with E-state index in [0.717, 1.165) is 19.4 Å². The second-order valence-electron chi connectivity index (χ2n) is 3.59. The maximum absolute atomic E-state index is 11.4. The molecule has 84 valence electrons. The van der Waals surface area contributed by atoms with Crippen molar-refractivity contribution in [1.29, 1.82) is 0 Å². The maximum atomic E-state index is 11.4. The van der Waals surface area contributed by atoms with Gasteiger partial charge in [-0.05, 0) is 19.0 Å². The van der Waals surface area contributed by atoms with Gasteiger partial charge in [-0.15, -0.1) is 0 Å². The van der Waals surface area contributed by atoms with E-state index in [1.54, 1.807) is 18.3 Å². The van der Waals surface area contributed by atoms with E-state index in [0.29, 0.717) is 12.6 Å². The molecule has 1 N–H and O–H groups in total. The van der Waals surface area contributed by atoms with Crippen molar-refractivity contribution in [2.75, 3.05) is 6.54 Å². The summed E-state index contributed by atoms with van der Waals surface area (Å²) < 4.78 is 1.52. The third-order valence-corrected chi connectivity index (χ3v) is 2.31. The second-order valence-corrected chi connectivity index (χ2v) is 3.59. The van der Waals surface area contributed by atoms with E-state index in [4.69, 9.17) is 0 Å². The maximum Gasteiger partial charge on any atom is 0.266 e. The highest BCUT2D eigenvalue weighted by Gasteiger charge is 2.07. The van der Waals surface area contributed by atoms with Gasteiger partial charge in [-0.1, -0.05) is 20.3 Å². The van der Waals surface area contributed by atoms with Crippen LogP contribution in [0, 0.1) is 0 Å². The van der Waals surface area contributed by atoms with Crippen LogP contribution >= 0.6 is 0 Å². The molecule has 0 spiro atoms. The number of hydrogen-bond donors (Lipinski definition) is 1. The highest BCUT2D eigenvalue weighted by Crippen LogP contribution is 1.98. The van der Waals surface area contributed by atoms with Crippen LogP contribution in [0.25, 0.3) is 0 Å². The molecule has 1 heterocycles. The first-order valence-electron chi connectivity index (χ1n) is 5.53. The summed E-state index contributed by atoms with van der Waals surface area (Å²) in [6.07, 6.45) is 3.83. The van der Waals surface area contributed by atoms with Gasteiger partial charge in [0.15, 0.2) is 0 Å². The Hall–Kier alpha value is -1.16. The van der Waals surface area contributed by atoms with E-state index in [9.17, 15) is 4.79 Å². The highest BCUT2D eigenvalue weighted by atomic mass is 16.1. The summed E-state index contributed by atoms with van der Waals surface area (Å²) in [6.45, 7) is 5.79. The minimum atomic E-state index is -0.0310. The lowest BCUT2D eigenvalue weighted by atomic mass is 10.1. The van der Waals surface area contributed by atoms with Crippen LogP contribution in [0.4, 0.5) is 0 Å². The van der Waals surface area contributed by atoms with Crippen LogP contribution in [-0.4, -0.2) is 22.4 Å². The van der Waals surface area contributed by atoms with Crippen molar-refractivity contribution < 1.29 is 0 Å². The first kappa shape index (κ1) is 11.9. The van der Waals surface area contributed by atoms with Crippen LogP contribution in [0.15, 0.2) is 23.1 Å². The molecule has 1 aromatic rings. The molecule has 0 aliphatic rings. The monoisotopic (exact) mass is 209 g/mol. The van der Waals surface area contributed by atoms with Crippen LogP contribution < -0.4 is 10.9 Å². The SMILES string of the molecule is CCCC(Cn1ncccc1=O)NCC. The molecule has 0 amide bonds. The fraction of sp³-hybridized carbons (Fsp3) is 0.636. The normalized spacial score (nSPS) is 12.7. The van der Waals surface area contributed by atoms with Gasteiger partial charge in [0.1, 0.15) is 0 Å². The first-order chi connectivity index (χ1) is 7.27. The van der Waals surface area contributed by atoms with Crippen molar-refractivity contribution in [3.05, 3.63) is 28.7 Å². The molecule has 4 nitrogen and oxygen atoms in total. The number of likely N-dealkylation sites (N-methyl/N-ethyl adjacent to an activating group) is 1. The van der Waals surface area contributed by atoms with E-state index >= 15 is 0 Å². The molecule has 1 unspecified atom stereocenters. The molecule has 0 radical (unpaired) electrons. The van der Waals surface area contributed by atoms with Gasteiger partial charge in [-0.25, -0.2) is 4.68 Å². The number of hydrogen-bond acceptors (Lipinski definition) is 3. The van der Waals surface area contributed by atoms with Gasteiger partial charge < -0.3 is 5.32 Å². The largest absolute Gasteiger partial charge is 0.312 e.